The van der Waals surface area contributed by atoms with Crippen molar-refractivity contribution in [3.63, 3.8) is 0 Å². The van der Waals surface area contributed by atoms with E-state index >= 15 is 0 Å². The van der Waals surface area contributed by atoms with Gasteiger partial charge in [-0.05, 0) is 29.7 Å². The van der Waals surface area contributed by atoms with Gasteiger partial charge in [0.05, 0.1) is 35.2 Å². The molecule has 174 valence electrons. The topological polar surface area (TPSA) is 62.2 Å². The number of aliphatic hydroxyl groups is 1. The Balaban J connectivity index is 1.91. The van der Waals surface area contributed by atoms with E-state index in [9.17, 15) is 9.90 Å². The van der Waals surface area contributed by atoms with Gasteiger partial charge in [0.25, 0.3) is 0 Å². The number of rotatable bonds is 10. The van der Waals surface area contributed by atoms with Gasteiger partial charge in [0, 0.05) is 33.9 Å². The van der Waals surface area contributed by atoms with Gasteiger partial charge in [0.1, 0.15) is 0 Å². The maximum atomic E-state index is 13.6. The molecule has 32 heavy (non-hydrogen) atoms. The number of halogens is 2. The van der Waals surface area contributed by atoms with E-state index in [1.54, 1.807) is 31.3 Å². The number of ether oxygens (including phenoxy) is 2. The van der Waals surface area contributed by atoms with Crippen molar-refractivity contribution in [2.24, 2.45) is 0 Å². The number of β-amino-alcohol motifs (C(OH)–C–C–N with tert-alkyl or cyclic N) is 1. The Kier molecular flexibility index (Phi) is 9.34. The molecule has 0 saturated carbocycles. The summed E-state index contributed by atoms with van der Waals surface area (Å²) in [4.78, 5) is 17.6. The van der Waals surface area contributed by atoms with Crippen LogP contribution in [0, 0.1) is 0 Å². The molecule has 2 aromatic carbocycles. The highest BCUT2D eigenvalue weighted by atomic mass is 35.5. The third-order valence-electron chi connectivity index (χ3n) is 5.77. The molecule has 0 bridgehead atoms. The van der Waals surface area contributed by atoms with Gasteiger partial charge in [-0.1, -0.05) is 59.6 Å². The Hall–Kier alpha value is -1.67. The van der Waals surface area contributed by atoms with Crippen LogP contribution in [0.15, 0.2) is 48.5 Å². The lowest BCUT2D eigenvalue weighted by Crippen LogP contribution is -2.46. The number of amides is 1. The van der Waals surface area contributed by atoms with Gasteiger partial charge in [-0.3, -0.25) is 9.69 Å². The number of likely N-dealkylation sites (tertiary alicyclic amines) is 1. The summed E-state index contributed by atoms with van der Waals surface area (Å²) in [5.74, 6) is -0.0731. The van der Waals surface area contributed by atoms with Crippen LogP contribution in [0.1, 0.15) is 23.6 Å². The first-order chi connectivity index (χ1) is 15.4. The van der Waals surface area contributed by atoms with Crippen LogP contribution in [0.2, 0.25) is 10.0 Å². The van der Waals surface area contributed by atoms with Gasteiger partial charge in [0.15, 0.2) is 6.29 Å². The second-order valence-corrected chi connectivity index (χ2v) is 8.82. The summed E-state index contributed by atoms with van der Waals surface area (Å²) >= 11 is 12.2. The minimum absolute atomic E-state index is 0.0731. The molecule has 3 rings (SSSR count). The monoisotopic (exact) mass is 480 g/mol. The van der Waals surface area contributed by atoms with Crippen LogP contribution >= 0.6 is 23.2 Å². The van der Waals surface area contributed by atoms with E-state index in [0.717, 1.165) is 24.1 Å². The smallest absolute Gasteiger partial charge is 0.227 e. The van der Waals surface area contributed by atoms with Crippen LogP contribution in [0.5, 0.6) is 0 Å². The number of methoxy groups -OCH3 is 2. The van der Waals surface area contributed by atoms with Gasteiger partial charge in [0.2, 0.25) is 5.91 Å². The normalized spacial score (nSPS) is 17.6. The maximum Gasteiger partial charge on any atom is 0.227 e. The molecule has 1 aliphatic heterocycles. The Labute approximate surface area is 199 Å². The Bertz CT molecular complexity index is 880. The molecule has 0 radical (unpaired) electrons. The number of hydrogen-bond donors (Lipinski definition) is 1. The Morgan fingerprint density at radius 3 is 2.47 bits per heavy atom. The average molecular weight is 481 g/mol. The van der Waals surface area contributed by atoms with E-state index in [1.807, 2.05) is 36.4 Å². The second kappa shape index (κ2) is 12.0. The molecule has 1 N–H and O–H groups in total. The summed E-state index contributed by atoms with van der Waals surface area (Å²) in [6.07, 6.45) is 0.00106. The average Bonchev–Trinajstić information content (AvgIpc) is 3.21. The van der Waals surface area contributed by atoms with Crippen molar-refractivity contribution in [2.45, 2.75) is 31.3 Å². The van der Waals surface area contributed by atoms with E-state index in [-0.39, 0.29) is 31.0 Å². The highest BCUT2D eigenvalue weighted by Gasteiger charge is 2.31. The molecule has 0 unspecified atom stereocenters. The number of aliphatic hydroxyl groups excluding tert-OH is 1. The molecule has 6 nitrogen and oxygen atoms in total. The summed E-state index contributed by atoms with van der Waals surface area (Å²) in [5.41, 5.74) is 1.80. The zero-order chi connectivity index (χ0) is 23.1. The number of carbonyl (C=O) groups is 1. The van der Waals surface area contributed by atoms with Crippen LogP contribution in [0.3, 0.4) is 0 Å². The Morgan fingerprint density at radius 1 is 1.16 bits per heavy atom. The summed E-state index contributed by atoms with van der Waals surface area (Å²) in [7, 11) is 3.12. The van der Waals surface area contributed by atoms with Gasteiger partial charge in [-0.15, -0.1) is 0 Å². The van der Waals surface area contributed by atoms with Crippen molar-refractivity contribution in [3.05, 3.63) is 69.7 Å². The maximum absolute atomic E-state index is 13.6. The lowest BCUT2D eigenvalue weighted by Gasteiger charge is -2.36. The molecule has 0 spiro atoms. The molecule has 1 heterocycles. The lowest BCUT2D eigenvalue weighted by atomic mass is 10.0. The van der Waals surface area contributed by atoms with E-state index in [2.05, 4.69) is 4.90 Å². The van der Waals surface area contributed by atoms with Crippen molar-refractivity contribution >= 4 is 29.1 Å². The molecule has 1 saturated heterocycles. The van der Waals surface area contributed by atoms with E-state index in [4.69, 9.17) is 32.7 Å². The quantitative estimate of drug-likeness (QED) is 0.524. The third kappa shape index (κ3) is 6.67. The van der Waals surface area contributed by atoms with Crippen LogP contribution in [0.4, 0.5) is 0 Å². The van der Waals surface area contributed by atoms with Crippen LogP contribution in [0.25, 0.3) is 0 Å². The molecule has 0 aliphatic carbocycles. The summed E-state index contributed by atoms with van der Waals surface area (Å²) in [6.45, 7) is 2.25. The van der Waals surface area contributed by atoms with Crippen molar-refractivity contribution in [3.8, 4) is 0 Å². The van der Waals surface area contributed by atoms with Gasteiger partial charge in [-0.25, -0.2) is 0 Å². The van der Waals surface area contributed by atoms with E-state index in [1.165, 1.54) is 0 Å². The zero-order valence-electron chi connectivity index (χ0n) is 18.4. The van der Waals surface area contributed by atoms with Crippen LogP contribution in [-0.2, 0) is 20.7 Å². The minimum atomic E-state index is -0.567. The number of nitrogens with zero attached hydrogens (tertiary/aromatic N) is 2. The molecule has 1 fully saturated rings. The largest absolute Gasteiger partial charge is 0.392 e. The minimum Gasteiger partial charge on any atom is -0.392 e. The standard InChI is InChI=1S/C24H30Cl2N2O4/c1-31-24(32-2)16-28(23(30)13-17-8-9-20(25)21(26)12-17)22(18-6-4-3-5-7-18)15-27-11-10-19(29)14-27/h3-9,12,19,22,24,29H,10-11,13-16H2,1-2H3/t19-,22+/m0/s1. The fraction of sp³-hybridized carbons (Fsp3) is 0.458. The van der Waals surface area contributed by atoms with Gasteiger partial charge >= 0.3 is 0 Å². The molecule has 8 heteroatoms. The second-order valence-electron chi connectivity index (χ2n) is 8.00. The molecule has 2 aromatic rings. The fourth-order valence-electron chi connectivity index (χ4n) is 4.02. The first-order valence-electron chi connectivity index (χ1n) is 10.7. The molecule has 1 aliphatic rings. The van der Waals surface area contributed by atoms with Crippen LogP contribution < -0.4 is 0 Å². The molecule has 1 amide bonds. The van der Waals surface area contributed by atoms with Crippen LogP contribution in [-0.4, -0.2) is 73.6 Å². The van der Waals surface area contributed by atoms with Crippen molar-refractivity contribution in [2.75, 3.05) is 40.4 Å². The number of carbonyl (C=O) groups excluding carboxylic acids is 1. The Morgan fingerprint density at radius 2 is 1.88 bits per heavy atom. The predicted octanol–water partition coefficient (Wildman–Crippen LogP) is 3.79. The SMILES string of the molecule is COC(CN(C(=O)Cc1ccc(Cl)c(Cl)c1)[C@H](CN1CC[C@H](O)C1)c1ccccc1)OC. The molecule has 0 aromatic heterocycles. The van der Waals surface area contributed by atoms with Crippen molar-refractivity contribution in [1.29, 1.82) is 0 Å². The predicted molar refractivity (Wildman–Crippen MR) is 126 cm³/mol. The van der Waals surface area contributed by atoms with Crippen molar-refractivity contribution < 1.29 is 19.4 Å². The van der Waals surface area contributed by atoms with Gasteiger partial charge < -0.3 is 19.5 Å². The third-order valence-corrected chi connectivity index (χ3v) is 6.51. The first-order valence-corrected chi connectivity index (χ1v) is 11.4. The number of hydrogen-bond acceptors (Lipinski definition) is 5. The zero-order valence-corrected chi connectivity index (χ0v) is 19.9. The molecule has 2 atom stereocenters. The summed E-state index contributed by atoms with van der Waals surface area (Å²) in [5, 5.41) is 10.9. The van der Waals surface area contributed by atoms with Crippen molar-refractivity contribution in [1.82, 2.24) is 9.80 Å². The van der Waals surface area contributed by atoms with E-state index < -0.39 is 6.29 Å². The highest BCUT2D eigenvalue weighted by Crippen LogP contribution is 2.27. The summed E-state index contributed by atoms with van der Waals surface area (Å²) < 4.78 is 10.9. The lowest BCUT2D eigenvalue weighted by molar-refractivity contribution is -0.149. The van der Waals surface area contributed by atoms with Gasteiger partial charge in [-0.2, -0.15) is 0 Å². The highest BCUT2D eigenvalue weighted by molar-refractivity contribution is 6.42. The number of benzene rings is 2. The first kappa shape index (κ1) is 25.0. The fourth-order valence-corrected chi connectivity index (χ4v) is 4.34. The molecular formula is C24H30Cl2N2O4. The summed E-state index contributed by atoms with van der Waals surface area (Å²) in [6, 6.07) is 14.9. The molecular weight excluding hydrogens is 451 g/mol. The van der Waals surface area contributed by atoms with E-state index in [0.29, 0.717) is 23.1 Å².